The molecule has 2 fully saturated rings. The van der Waals surface area contributed by atoms with Crippen LogP contribution in [-0.2, 0) is 4.79 Å². The molecule has 3 heterocycles. The van der Waals surface area contributed by atoms with E-state index in [4.69, 9.17) is 4.42 Å². The number of hydrogen-bond donors (Lipinski definition) is 1. The number of fused-ring (bicyclic) bond motifs is 1. The summed E-state index contributed by atoms with van der Waals surface area (Å²) in [6, 6.07) is 6.73. The van der Waals surface area contributed by atoms with Crippen molar-refractivity contribution >= 4 is 47.8 Å². The molecule has 8 heteroatoms. The number of nitrogens with one attached hydrogen (secondary N) is 1. The highest BCUT2D eigenvalue weighted by Gasteiger charge is 2.27. The third kappa shape index (κ3) is 5.56. The van der Waals surface area contributed by atoms with Gasteiger partial charge >= 0.3 is 0 Å². The van der Waals surface area contributed by atoms with E-state index >= 15 is 0 Å². The maximum atomic E-state index is 12.7. The van der Waals surface area contributed by atoms with Crippen LogP contribution in [-0.4, -0.2) is 55.1 Å². The first-order chi connectivity index (χ1) is 13.1. The molecule has 162 valence electrons. The van der Waals surface area contributed by atoms with Crippen LogP contribution in [0.2, 0.25) is 0 Å². The van der Waals surface area contributed by atoms with Crippen LogP contribution in [0.15, 0.2) is 22.6 Å². The molecule has 0 spiro atoms. The number of carbonyl (C=O) groups excluding carboxylic acids is 1. The van der Waals surface area contributed by atoms with Crippen molar-refractivity contribution in [2.45, 2.75) is 33.1 Å². The number of piperidine rings is 1. The summed E-state index contributed by atoms with van der Waals surface area (Å²) in [5, 5.41) is 3.46. The number of hydrogen-bond acceptors (Lipinski definition) is 5. The molecule has 2 atom stereocenters. The minimum atomic E-state index is 0. The first kappa shape index (κ1) is 23.8. The third-order valence-corrected chi connectivity index (χ3v) is 6.07. The van der Waals surface area contributed by atoms with E-state index in [1.165, 1.54) is 18.4 Å². The number of oxazole rings is 1. The number of piperazine rings is 1. The molecule has 2 aliphatic rings. The Kier molecular flexibility index (Phi) is 8.61. The quantitative estimate of drug-likeness (QED) is 0.782. The van der Waals surface area contributed by atoms with Crippen molar-refractivity contribution in [2.24, 2.45) is 11.8 Å². The summed E-state index contributed by atoms with van der Waals surface area (Å²) in [5.41, 5.74) is 2.91. The monoisotopic (exact) mass is 442 g/mol. The van der Waals surface area contributed by atoms with E-state index in [0.717, 1.165) is 50.4 Å². The fraction of sp³-hybridized carbons (Fsp3) is 0.619. The van der Waals surface area contributed by atoms with Gasteiger partial charge in [-0.3, -0.25) is 4.79 Å². The van der Waals surface area contributed by atoms with Crippen LogP contribution >= 0.6 is 24.8 Å². The number of aryl methyl sites for hydroxylation is 1. The Hall–Kier alpha value is -1.50. The van der Waals surface area contributed by atoms with Crippen molar-refractivity contribution in [1.29, 1.82) is 0 Å². The summed E-state index contributed by atoms with van der Waals surface area (Å²) in [7, 11) is 0. The van der Waals surface area contributed by atoms with E-state index in [-0.39, 0.29) is 24.8 Å². The second-order valence-electron chi connectivity index (χ2n) is 8.12. The summed E-state index contributed by atoms with van der Waals surface area (Å²) < 4.78 is 5.91. The molecule has 2 unspecified atom stereocenters. The second kappa shape index (κ2) is 10.5. The van der Waals surface area contributed by atoms with E-state index in [1.54, 1.807) is 0 Å². The second-order valence-corrected chi connectivity index (χ2v) is 8.12. The fourth-order valence-corrected chi connectivity index (χ4v) is 4.24. The average Bonchev–Trinajstić information content (AvgIpc) is 3.12. The van der Waals surface area contributed by atoms with Crippen molar-refractivity contribution < 1.29 is 9.21 Å². The molecule has 1 aromatic heterocycles. The third-order valence-electron chi connectivity index (χ3n) is 6.07. The standard InChI is InChI=1S/C21H30N4O2.2ClH/c1-15-5-6-19-18(12-15)23-21(27-19)25-10-8-24(9-11-25)20(26)13-16(2)17-4-3-7-22-14-17;;/h5-6,12,16-17,22H,3-4,7-11,13-14H2,1-2H3;2*1H. The Bertz CT molecular complexity index is 799. The molecular formula is C21H32Cl2N4O2. The van der Waals surface area contributed by atoms with Crippen LogP contribution in [0.3, 0.4) is 0 Å². The summed E-state index contributed by atoms with van der Waals surface area (Å²) in [4.78, 5) is 21.5. The number of rotatable bonds is 4. The number of anilines is 1. The molecular weight excluding hydrogens is 411 g/mol. The van der Waals surface area contributed by atoms with E-state index < -0.39 is 0 Å². The maximum absolute atomic E-state index is 12.7. The molecule has 1 N–H and O–H groups in total. The highest BCUT2D eigenvalue weighted by Crippen LogP contribution is 2.25. The van der Waals surface area contributed by atoms with Gasteiger partial charge in [-0.25, -0.2) is 0 Å². The van der Waals surface area contributed by atoms with Crippen molar-refractivity contribution in [1.82, 2.24) is 15.2 Å². The molecule has 0 saturated carbocycles. The lowest BCUT2D eigenvalue weighted by Gasteiger charge is -2.35. The molecule has 2 aromatic rings. The smallest absolute Gasteiger partial charge is 0.298 e. The van der Waals surface area contributed by atoms with Crippen molar-refractivity contribution in [3.63, 3.8) is 0 Å². The maximum Gasteiger partial charge on any atom is 0.298 e. The molecule has 1 amide bonds. The van der Waals surface area contributed by atoms with Gasteiger partial charge < -0.3 is 19.5 Å². The van der Waals surface area contributed by atoms with Crippen LogP contribution in [0.1, 0.15) is 31.7 Å². The molecule has 0 aliphatic carbocycles. The molecule has 0 bridgehead atoms. The van der Waals surface area contributed by atoms with Gasteiger partial charge in [0.15, 0.2) is 5.58 Å². The minimum absolute atomic E-state index is 0. The summed E-state index contributed by atoms with van der Waals surface area (Å²) in [5.74, 6) is 1.37. The molecule has 1 aromatic carbocycles. The van der Waals surface area contributed by atoms with Crippen LogP contribution in [0, 0.1) is 18.8 Å². The number of aromatic nitrogens is 1. The van der Waals surface area contributed by atoms with Gasteiger partial charge in [0.1, 0.15) is 5.52 Å². The Morgan fingerprint density at radius 1 is 1.28 bits per heavy atom. The molecule has 2 aliphatic heterocycles. The lowest BCUT2D eigenvalue weighted by molar-refractivity contribution is -0.132. The zero-order chi connectivity index (χ0) is 18.8. The summed E-state index contributed by atoms with van der Waals surface area (Å²) in [6.07, 6.45) is 3.13. The van der Waals surface area contributed by atoms with Crippen molar-refractivity contribution in [3.8, 4) is 0 Å². The summed E-state index contributed by atoms with van der Waals surface area (Å²) >= 11 is 0. The van der Waals surface area contributed by atoms with Crippen LogP contribution in [0.4, 0.5) is 6.01 Å². The zero-order valence-corrected chi connectivity index (χ0v) is 18.9. The normalized spacial score (nSPS) is 20.7. The van der Waals surface area contributed by atoms with Crippen molar-refractivity contribution in [2.75, 3.05) is 44.2 Å². The minimum Gasteiger partial charge on any atom is -0.423 e. The number of carbonyl (C=O) groups is 1. The van der Waals surface area contributed by atoms with Gasteiger partial charge in [-0.15, -0.1) is 24.8 Å². The Labute approximate surface area is 185 Å². The highest BCUT2D eigenvalue weighted by atomic mass is 35.5. The van der Waals surface area contributed by atoms with Crippen LogP contribution in [0.5, 0.6) is 0 Å². The van der Waals surface area contributed by atoms with E-state index in [1.807, 2.05) is 23.1 Å². The molecule has 4 rings (SSSR count). The van der Waals surface area contributed by atoms with E-state index in [9.17, 15) is 4.79 Å². The number of nitrogens with zero attached hydrogens (tertiary/aromatic N) is 3. The Morgan fingerprint density at radius 3 is 2.72 bits per heavy atom. The largest absolute Gasteiger partial charge is 0.423 e. The van der Waals surface area contributed by atoms with Gasteiger partial charge in [0, 0.05) is 32.6 Å². The fourth-order valence-electron chi connectivity index (χ4n) is 4.24. The molecule has 2 saturated heterocycles. The average molecular weight is 443 g/mol. The molecule has 0 radical (unpaired) electrons. The van der Waals surface area contributed by atoms with Gasteiger partial charge in [-0.2, -0.15) is 4.98 Å². The topological polar surface area (TPSA) is 61.6 Å². The Morgan fingerprint density at radius 2 is 2.03 bits per heavy atom. The lowest BCUT2D eigenvalue weighted by atomic mass is 9.85. The number of benzene rings is 1. The van der Waals surface area contributed by atoms with Gasteiger partial charge in [0.25, 0.3) is 6.01 Å². The number of halogens is 2. The van der Waals surface area contributed by atoms with Gasteiger partial charge in [0.05, 0.1) is 0 Å². The number of amides is 1. The van der Waals surface area contributed by atoms with Crippen molar-refractivity contribution in [3.05, 3.63) is 23.8 Å². The molecule has 6 nitrogen and oxygen atoms in total. The predicted molar refractivity (Wildman–Crippen MR) is 121 cm³/mol. The van der Waals surface area contributed by atoms with Gasteiger partial charge in [-0.05, 0) is 62.4 Å². The summed E-state index contributed by atoms with van der Waals surface area (Å²) in [6.45, 7) is 9.49. The van der Waals surface area contributed by atoms with E-state index in [2.05, 4.69) is 29.0 Å². The highest BCUT2D eigenvalue weighted by molar-refractivity contribution is 5.85. The zero-order valence-electron chi connectivity index (χ0n) is 17.2. The van der Waals surface area contributed by atoms with Gasteiger partial charge in [0.2, 0.25) is 5.91 Å². The SMILES string of the molecule is Cc1ccc2oc(N3CCN(C(=O)CC(C)C4CCCNC4)CC3)nc2c1.Cl.Cl. The Balaban J connectivity index is 0.00000150. The molecule has 29 heavy (non-hydrogen) atoms. The first-order valence-corrected chi connectivity index (χ1v) is 10.2. The van der Waals surface area contributed by atoms with Crippen LogP contribution in [0.25, 0.3) is 11.1 Å². The van der Waals surface area contributed by atoms with Crippen LogP contribution < -0.4 is 10.2 Å². The lowest BCUT2D eigenvalue weighted by Crippen LogP contribution is -2.49. The van der Waals surface area contributed by atoms with Gasteiger partial charge in [-0.1, -0.05) is 13.0 Å². The van der Waals surface area contributed by atoms with E-state index in [0.29, 0.717) is 30.2 Å². The predicted octanol–water partition coefficient (Wildman–Crippen LogP) is 3.65. The first-order valence-electron chi connectivity index (χ1n) is 10.2.